The van der Waals surface area contributed by atoms with Crippen LogP contribution in [0.4, 0.5) is 4.39 Å². The predicted octanol–water partition coefficient (Wildman–Crippen LogP) is 6.19. The van der Waals surface area contributed by atoms with Crippen molar-refractivity contribution >= 4 is 0 Å². The number of aryl methyl sites for hydroxylation is 1. The molecule has 0 heterocycles. The monoisotopic (exact) mass is 390 g/mol. The Hall–Kier alpha value is 0.254. The van der Waals surface area contributed by atoms with Crippen molar-refractivity contribution in [1.82, 2.24) is 0 Å². The maximum Gasteiger partial charge on any atom is 0.0109 e. The van der Waals surface area contributed by atoms with E-state index in [9.17, 15) is 4.39 Å². The standard InChI is InChI=1S/C21H30F.Y/c1-16-2-10-19(11-3-16)20-12-6-17(7-13-20)4-5-18-8-14-21(22)15-9-18;/h8-9,14,16-17,19-20H,2-7,10-13H2,1H3;/q-1;. The van der Waals surface area contributed by atoms with Gasteiger partial charge in [0.25, 0.3) is 0 Å². The van der Waals surface area contributed by atoms with Crippen LogP contribution >= 0.6 is 0 Å². The second kappa shape index (κ2) is 9.66. The van der Waals surface area contributed by atoms with Crippen molar-refractivity contribution in [2.45, 2.75) is 71.1 Å². The molecule has 0 saturated heterocycles. The molecule has 23 heavy (non-hydrogen) atoms. The van der Waals surface area contributed by atoms with E-state index >= 15 is 0 Å². The third kappa shape index (κ3) is 5.92. The minimum atomic E-state index is -0.244. The van der Waals surface area contributed by atoms with Crippen molar-refractivity contribution in [3.8, 4) is 0 Å². The van der Waals surface area contributed by atoms with Gasteiger partial charge in [0, 0.05) is 38.5 Å². The van der Waals surface area contributed by atoms with E-state index in [1.807, 2.05) is 12.1 Å². The molecule has 0 spiro atoms. The number of hydrogen-bond donors (Lipinski definition) is 0. The van der Waals surface area contributed by atoms with Crippen LogP contribution in [0.5, 0.6) is 0 Å². The molecule has 0 nitrogen and oxygen atoms in total. The summed E-state index contributed by atoms with van der Waals surface area (Å²) in [5.74, 6) is 3.67. The summed E-state index contributed by atoms with van der Waals surface area (Å²) in [6, 6.07) is 7.95. The SMILES string of the molecule is CC1CCC(C2CCC(CCc3c[c-]c(F)cc3)CC2)CC1.[Y]. The van der Waals surface area contributed by atoms with Gasteiger partial charge in [-0.15, -0.1) is 12.1 Å². The molecule has 1 radical (unpaired) electrons. The van der Waals surface area contributed by atoms with Gasteiger partial charge in [0.15, 0.2) is 0 Å². The number of rotatable bonds is 4. The summed E-state index contributed by atoms with van der Waals surface area (Å²) >= 11 is 0. The summed E-state index contributed by atoms with van der Waals surface area (Å²) in [6.07, 6.45) is 14.0. The maximum atomic E-state index is 12.9. The smallest absolute Gasteiger partial charge is 0.0109 e. The molecule has 2 fully saturated rings. The number of benzene rings is 1. The second-order valence-electron chi connectivity index (χ2n) is 7.88. The quantitative estimate of drug-likeness (QED) is 0.538. The van der Waals surface area contributed by atoms with Gasteiger partial charge in [-0.05, 0) is 49.4 Å². The molecule has 0 aliphatic heterocycles. The van der Waals surface area contributed by atoms with E-state index in [0.717, 1.165) is 30.1 Å². The summed E-state index contributed by atoms with van der Waals surface area (Å²) < 4.78 is 12.9. The van der Waals surface area contributed by atoms with E-state index in [1.165, 1.54) is 69.4 Å². The van der Waals surface area contributed by atoms with Crippen LogP contribution in [0.25, 0.3) is 0 Å². The van der Waals surface area contributed by atoms with Crippen molar-refractivity contribution in [2.24, 2.45) is 23.7 Å². The van der Waals surface area contributed by atoms with Crippen molar-refractivity contribution < 1.29 is 37.1 Å². The molecule has 2 saturated carbocycles. The van der Waals surface area contributed by atoms with Crippen LogP contribution in [-0.2, 0) is 39.1 Å². The molecule has 1 aromatic carbocycles. The minimum absolute atomic E-state index is 0. The maximum absolute atomic E-state index is 12.9. The topological polar surface area (TPSA) is 0 Å². The summed E-state index contributed by atoms with van der Waals surface area (Å²) in [5, 5.41) is 0. The Balaban J connectivity index is 0.00000192. The fourth-order valence-electron chi connectivity index (χ4n) is 4.67. The Kier molecular flexibility index (Phi) is 8.22. The Morgan fingerprint density at radius 2 is 1.57 bits per heavy atom. The fourth-order valence-corrected chi connectivity index (χ4v) is 4.67. The van der Waals surface area contributed by atoms with Gasteiger partial charge >= 0.3 is 0 Å². The first-order valence-electron chi connectivity index (χ1n) is 9.37. The van der Waals surface area contributed by atoms with Gasteiger partial charge in [0.1, 0.15) is 0 Å². The van der Waals surface area contributed by atoms with Crippen LogP contribution in [0.15, 0.2) is 18.2 Å². The van der Waals surface area contributed by atoms with Crippen molar-refractivity contribution in [3.05, 3.63) is 35.6 Å². The molecule has 2 aliphatic carbocycles. The molecule has 0 atom stereocenters. The van der Waals surface area contributed by atoms with E-state index in [1.54, 1.807) is 0 Å². The average Bonchev–Trinajstić information content (AvgIpc) is 2.56. The Bertz CT molecular complexity index is 439. The molecule has 2 aliphatic rings. The van der Waals surface area contributed by atoms with Gasteiger partial charge < -0.3 is 0 Å². The van der Waals surface area contributed by atoms with Crippen molar-refractivity contribution in [3.63, 3.8) is 0 Å². The van der Waals surface area contributed by atoms with Gasteiger partial charge in [-0.3, -0.25) is 0 Å². The molecule has 0 bridgehead atoms. The van der Waals surface area contributed by atoms with Crippen LogP contribution in [0.2, 0.25) is 0 Å². The van der Waals surface area contributed by atoms with Crippen molar-refractivity contribution in [2.75, 3.05) is 0 Å². The molecular weight excluding hydrogens is 360 g/mol. The molecule has 1 aromatic rings. The Morgan fingerprint density at radius 1 is 0.957 bits per heavy atom. The van der Waals surface area contributed by atoms with Crippen LogP contribution in [0.3, 0.4) is 0 Å². The third-order valence-corrected chi connectivity index (χ3v) is 6.30. The zero-order valence-electron chi connectivity index (χ0n) is 14.6. The normalized spacial score (nSPS) is 31.4. The molecular formula is C21H30FY-. The Morgan fingerprint density at radius 3 is 2.13 bits per heavy atom. The number of hydrogen-bond acceptors (Lipinski definition) is 0. The first kappa shape index (κ1) is 19.6. The zero-order valence-corrected chi connectivity index (χ0v) is 17.4. The van der Waals surface area contributed by atoms with Crippen LogP contribution < -0.4 is 0 Å². The van der Waals surface area contributed by atoms with Gasteiger partial charge in [0.2, 0.25) is 0 Å². The van der Waals surface area contributed by atoms with E-state index in [-0.39, 0.29) is 38.5 Å². The first-order chi connectivity index (χ1) is 10.7. The van der Waals surface area contributed by atoms with E-state index in [4.69, 9.17) is 0 Å². The van der Waals surface area contributed by atoms with Crippen molar-refractivity contribution in [1.29, 1.82) is 0 Å². The van der Waals surface area contributed by atoms with Crippen LogP contribution in [-0.4, -0.2) is 0 Å². The number of halogens is 1. The molecule has 0 amide bonds. The molecule has 125 valence electrons. The van der Waals surface area contributed by atoms with Gasteiger partial charge in [-0.25, -0.2) is 4.39 Å². The van der Waals surface area contributed by atoms with Gasteiger partial charge in [0.05, 0.1) is 0 Å². The molecule has 0 unspecified atom stereocenters. The molecule has 0 N–H and O–H groups in total. The fraction of sp³-hybridized carbons (Fsp3) is 0.714. The van der Waals surface area contributed by atoms with Gasteiger partial charge in [-0.2, -0.15) is 17.7 Å². The van der Waals surface area contributed by atoms with Crippen LogP contribution in [0, 0.1) is 35.6 Å². The summed E-state index contributed by atoms with van der Waals surface area (Å²) in [5.41, 5.74) is 1.24. The van der Waals surface area contributed by atoms with Gasteiger partial charge in [-0.1, -0.05) is 45.4 Å². The van der Waals surface area contributed by atoms with E-state index in [2.05, 4.69) is 13.0 Å². The Labute approximate surface area is 166 Å². The molecule has 2 heteroatoms. The summed E-state index contributed by atoms with van der Waals surface area (Å²) in [4.78, 5) is 0. The predicted molar refractivity (Wildman–Crippen MR) is 90.1 cm³/mol. The molecule has 0 aromatic heterocycles. The first-order valence-corrected chi connectivity index (χ1v) is 9.37. The summed E-state index contributed by atoms with van der Waals surface area (Å²) in [7, 11) is 0. The summed E-state index contributed by atoms with van der Waals surface area (Å²) in [6.45, 7) is 2.42. The minimum Gasteiger partial charge on any atom is -0.236 e. The third-order valence-electron chi connectivity index (χ3n) is 6.30. The average molecular weight is 390 g/mol. The largest absolute Gasteiger partial charge is 0.236 e. The zero-order chi connectivity index (χ0) is 15.4. The van der Waals surface area contributed by atoms with E-state index < -0.39 is 0 Å². The second-order valence-corrected chi connectivity index (χ2v) is 7.88. The molecule has 3 rings (SSSR count). The van der Waals surface area contributed by atoms with Crippen LogP contribution in [0.1, 0.15) is 70.3 Å². The van der Waals surface area contributed by atoms with E-state index in [0.29, 0.717) is 0 Å².